The van der Waals surface area contributed by atoms with Gasteiger partial charge in [-0.2, -0.15) is 5.10 Å². The summed E-state index contributed by atoms with van der Waals surface area (Å²) >= 11 is 0. The van der Waals surface area contributed by atoms with Gasteiger partial charge in [-0.1, -0.05) is 6.07 Å². The lowest BCUT2D eigenvalue weighted by Gasteiger charge is -2.12. The second-order valence-electron chi connectivity index (χ2n) is 6.55. The third-order valence-electron chi connectivity index (χ3n) is 4.48. The lowest BCUT2D eigenvalue weighted by Crippen LogP contribution is -2.01. The van der Waals surface area contributed by atoms with Crippen LogP contribution in [0.3, 0.4) is 0 Å². The first-order chi connectivity index (χ1) is 13.6. The van der Waals surface area contributed by atoms with Crippen LogP contribution in [0.1, 0.15) is 11.1 Å². The summed E-state index contributed by atoms with van der Waals surface area (Å²) in [6.07, 6.45) is 3.29. The summed E-state index contributed by atoms with van der Waals surface area (Å²) in [7, 11) is 3.25. The van der Waals surface area contributed by atoms with Crippen LogP contribution in [0.4, 0.5) is 11.5 Å². The van der Waals surface area contributed by atoms with Gasteiger partial charge in [0.25, 0.3) is 0 Å². The smallest absolute Gasteiger partial charge is 0.168 e. The Morgan fingerprint density at radius 2 is 1.71 bits per heavy atom. The Bertz CT molecular complexity index is 1130. The molecule has 0 aliphatic rings. The van der Waals surface area contributed by atoms with Crippen molar-refractivity contribution >= 4 is 22.5 Å². The van der Waals surface area contributed by atoms with Crippen molar-refractivity contribution in [2.45, 2.75) is 13.8 Å². The Labute approximate surface area is 163 Å². The van der Waals surface area contributed by atoms with E-state index in [4.69, 9.17) is 9.47 Å². The fraction of sp³-hybridized carbons (Fsp3) is 0.190. The number of aromatic nitrogens is 4. The van der Waals surface area contributed by atoms with Crippen LogP contribution in [-0.4, -0.2) is 34.0 Å². The number of hydrogen-bond donors (Lipinski definition) is 1. The van der Waals surface area contributed by atoms with E-state index in [1.165, 1.54) is 17.5 Å². The fourth-order valence-electron chi connectivity index (χ4n) is 3.24. The van der Waals surface area contributed by atoms with Gasteiger partial charge in [0.15, 0.2) is 5.65 Å². The molecule has 1 N–H and O–H groups in total. The molecule has 2 aromatic heterocycles. The molecular weight excluding hydrogens is 354 g/mol. The predicted octanol–water partition coefficient (Wildman–Crippen LogP) is 4.19. The van der Waals surface area contributed by atoms with Crippen LogP contribution in [0, 0.1) is 13.8 Å². The Morgan fingerprint density at radius 1 is 0.929 bits per heavy atom. The summed E-state index contributed by atoms with van der Waals surface area (Å²) in [6, 6.07) is 11.9. The molecular formula is C21H21N5O2. The number of benzene rings is 2. The summed E-state index contributed by atoms with van der Waals surface area (Å²) in [6.45, 7) is 4.14. The van der Waals surface area contributed by atoms with Crippen LogP contribution in [0.25, 0.3) is 16.7 Å². The standard InChI is InChI=1S/C21H21N5O2/c1-13-7-14(2)9-15(8-13)26-21-17(11-24-26)20(22-12-23-21)25-18-10-16(27-3)5-6-19(18)28-4/h5-12H,1-4H3,(H,22,23,25). The molecule has 2 aromatic carbocycles. The summed E-state index contributed by atoms with van der Waals surface area (Å²) in [5, 5.41) is 8.68. The maximum absolute atomic E-state index is 5.45. The largest absolute Gasteiger partial charge is 0.497 e. The molecule has 0 aliphatic heterocycles. The van der Waals surface area contributed by atoms with Crippen molar-refractivity contribution in [2.24, 2.45) is 0 Å². The minimum absolute atomic E-state index is 0.646. The topological polar surface area (TPSA) is 74.1 Å². The molecule has 7 heteroatoms. The highest BCUT2D eigenvalue weighted by atomic mass is 16.5. The Morgan fingerprint density at radius 3 is 2.43 bits per heavy atom. The van der Waals surface area contributed by atoms with E-state index >= 15 is 0 Å². The van der Waals surface area contributed by atoms with E-state index in [1.54, 1.807) is 20.4 Å². The molecule has 142 valence electrons. The first-order valence-electron chi connectivity index (χ1n) is 8.85. The average molecular weight is 375 g/mol. The predicted molar refractivity (Wildman–Crippen MR) is 109 cm³/mol. The van der Waals surface area contributed by atoms with Gasteiger partial charge in [-0.05, 0) is 49.2 Å². The molecule has 0 saturated carbocycles. The Balaban J connectivity index is 1.79. The molecule has 0 atom stereocenters. The van der Waals surface area contributed by atoms with Crippen LogP contribution < -0.4 is 14.8 Å². The van der Waals surface area contributed by atoms with Crippen molar-refractivity contribution < 1.29 is 9.47 Å². The van der Waals surface area contributed by atoms with Gasteiger partial charge in [-0.25, -0.2) is 14.6 Å². The van der Waals surface area contributed by atoms with Gasteiger partial charge in [0.2, 0.25) is 0 Å². The summed E-state index contributed by atoms with van der Waals surface area (Å²) in [5.74, 6) is 2.06. The molecule has 0 bridgehead atoms. The zero-order valence-corrected chi connectivity index (χ0v) is 16.2. The molecule has 4 aromatic rings. The second-order valence-corrected chi connectivity index (χ2v) is 6.55. The number of rotatable bonds is 5. The van der Waals surface area contributed by atoms with Crippen LogP contribution in [0.15, 0.2) is 48.9 Å². The molecule has 2 heterocycles. The molecule has 28 heavy (non-hydrogen) atoms. The number of ether oxygens (including phenoxy) is 2. The monoisotopic (exact) mass is 375 g/mol. The van der Waals surface area contributed by atoms with Crippen molar-refractivity contribution in [1.29, 1.82) is 0 Å². The molecule has 0 amide bonds. The number of aryl methyl sites for hydroxylation is 2. The molecule has 0 unspecified atom stereocenters. The molecule has 4 rings (SSSR count). The first-order valence-corrected chi connectivity index (χ1v) is 8.85. The van der Waals surface area contributed by atoms with E-state index in [9.17, 15) is 0 Å². The quantitative estimate of drug-likeness (QED) is 0.564. The zero-order valence-electron chi connectivity index (χ0n) is 16.2. The first kappa shape index (κ1) is 17.8. The van der Waals surface area contributed by atoms with E-state index in [1.807, 2.05) is 22.9 Å². The minimum Gasteiger partial charge on any atom is -0.497 e. The second kappa shape index (κ2) is 7.19. The molecule has 0 aliphatic carbocycles. The van der Waals surface area contributed by atoms with Crippen LogP contribution in [0.2, 0.25) is 0 Å². The number of fused-ring (bicyclic) bond motifs is 1. The third-order valence-corrected chi connectivity index (χ3v) is 4.48. The fourth-order valence-corrected chi connectivity index (χ4v) is 3.24. The van der Waals surface area contributed by atoms with Gasteiger partial charge in [0.1, 0.15) is 23.6 Å². The van der Waals surface area contributed by atoms with E-state index in [2.05, 4.69) is 52.4 Å². The molecule has 0 spiro atoms. The van der Waals surface area contributed by atoms with E-state index in [0.29, 0.717) is 11.6 Å². The van der Waals surface area contributed by atoms with Gasteiger partial charge in [-0.15, -0.1) is 0 Å². The van der Waals surface area contributed by atoms with Crippen molar-refractivity contribution in [3.8, 4) is 17.2 Å². The Hall–Kier alpha value is -3.61. The van der Waals surface area contributed by atoms with Crippen molar-refractivity contribution in [3.63, 3.8) is 0 Å². The SMILES string of the molecule is COc1ccc(OC)c(Nc2ncnc3c2cnn3-c2cc(C)cc(C)c2)c1. The maximum atomic E-state index is 5.45. The van der Waals surface area contributed by atoms with Gasteiger partial charge >= 0.3 is 0 Å². The average Bonchev–Trinajstić information content (AvgIpc) is 3.12. The van der Waals surface area contributed by atoms with E-state index in [0.717, 1.165) is 28.2 Å². The van der Waals surface area contributed by atoms with Gasteiger partial charge in [-0.3, -0.25) is 0 Å². The summed E-state index contributed by atoms with van der Waals surface area (Å²) < 4.78 is 12.6. The van der Waals surface area contributed by atoms with Gasteiger partial charge in [0.05, 0.1) is 37.2 Å². The molecule has 0 fully saturated rings. The number of nitrogens with zero attached hydrogens (tertiary/aromatic N) is 4. The van der Waals surface area contributed by atoms with E-state index < -0.39 is 0 Å². The molecule has 0 radical (unpaired) electrons. The highest BCUT2D eigenvalue weighted by molar-refractivity contribution is 5.89. The van der Waals surface area contributed by atoms with Crippen LogP contribution in [-0.2, 0) is 0 Å². The number of anilines is 2. The van der Waals surface area contributed by atoms with E-state index in [-0.39, 0.29) is 0 Å². The van der Waals surface area contributed by atoms with Gasteiger partial charge < -0.3 is 14.8 Å². The molecule has 0 saturated heterocycles. The number of methoxy groups -OCH3 is 2. The van der Waals surface area contributed by atoms with Gasteiger partial charge in [0, 0.05) is 6.07 Å². The number of hydrogen-bond acceptors (Lipinski definition) is 6. The highest BCUT2D eigenvalue weighted by Crippen LogP contribution is 2.33. The van der Waals surface area contributed by atoms with Crippen LogP contribution in [0.5, 0.6) is 11.5 Å². The summed E-state index contributed by atoms with van der Waals surface area (Å²) in [5.41, 5.74) is 4.79. The number of nitrogens with one attached hydrogen (secondary N) is 1. The zero-order chi connectivity index (χ0) is 19.7. The van der Waals surface area contributed by atoms with Crippen molar-refractivity contribution in [2.75, 3.05) is 19.5 Å². The van der Waals surface area contributed by atoms with Crippen molar-refractivity contribution in [1.82, 2.24) is 19.7 Å². The van der Waals surface area contributed by atoms with Crippen LogP contribution >= 0.6 is 0 Å². The highest BCUT2D eigenvalue weighted by Gasteiger charge is 2.14. The Kier molecular flexibility index (Phi) is 4.57. The van der Waals surface area contributed by atoms with Crippen molar-refractivity contribution in [3.05, 3.63) is 60.0 Å². The minimum atomic E-state index is 0.646. The third kappa shape index (κ3) is 3.22. The molecule has 7 nitrogen and oxygen atoms in total. The summed E-state index contributed by atoms with van der Waals surface area (Å²) in [4.78, 5) is 8.85. The lowest BCUT2D eigenvalue weighted by atomic mass is 10.1. The lowest BCUT2D eigenvalue weighted by molar-refractivity contribution is 0.405. The maximum Gasteiger partial charge on any atom is 0.168 e. The normalized spacial score (nSPS) is 10.9.